The van der Waals surface area contributed by atoms with Gasteiger partial charge in [0.2, 0.25) is 0 Å². The van der Waals surface area contributed by atoms with E-state index in [1.807, 2.05) is 0 Å². The van der Waals surface area contributed by atoms with E-state index in [1.54, 1.807) is 24.3 Å². The van der Waals surface area contributed by atoms with Crippen LogP contribution in [-0.2, 0) is 13.1 Å². The third-order valence-electron chi connectivity index (χ3n) is 1.88. The lowest BCUT2D eigenvalue weighted by molar-refractivity contribution is 0.266. The van der Waals surface area contributed by atoms with Crippen LogP contribution in [0.25, 0.3) is 11.0 Å². The fraction of sp³-hybridized carbons (Fsp3) is 0.300. The number of hydrogen-bond donors (Lipinski definition) is 1. The first-order chi connectivity index (χ1) is 8.29. The molecule has 0 amide bonds. The molecule has 0 fully saturated rings. The van der Waals surface area contributed by atoms with Gasteiger partial charge in [0.1, 0.15) is 12.4 Å². The van der Waals surface area contributed by atoms with Gasteiger partial charge in [-0.1, -0.05) is 12.1 Å². The number of para-hydroxylation sites is 2. The van der Waals surface area contributed by atoms with Crippen molar-refractivity contribution in [3.05, 3.63) is 30.1 Å². The van der Waals surface area contributed by atoms with Crippen molar-refractivity contribution in [2.75, 3.05) is 0 Å². The number of aryl methyl sites for hydroxylation is 1. The minimum Gasteiger partial charge on any atom is -0.388 e. The highest BCUT2D eigenvalue weighted by Crippen LogP contribution is 2.15. The van der Waals surface area contributed by atoms with Crippen molar-refractivity contribution in [1.82, 2.24) is 9.55 Å². The van der Waals surface area contributed by atoms with Crippen LogP contribution in [0.4, 0.5) is 0 Å². The van der Waals surface area contributed by atoms with E-state index < -0.39 is 20.0 Å². The Balaban J connectivity index is 2.77. The average molecular weight is 181 g/mol. The molecule has 0 bridgehead atoms. The van der Waals surface area contributed by atoms with Gasteiger partial charge in [0, 0.05) is 13.4 Å². The number of fused-ring (bicyclic) bond motifs is 1. The lowest BCUT2D eigenvalue weighted by Gasteiger charge is -2.01. The quantitative estimate of drug-likeness (QED) is 0.763. The minimum atomic E-state index is -2.85. The predicted molar refractivity (Wildman–Crippen MR) is 51.3 cm³/mol. The normalized spacial score (nSPS) is 18.7. The zero-order valence-electron chi connectivity index (χ0n) is 11.9. The van der Waals surface area contributed by atoms with Gasteiger partial charge >= 0.3 is 0 Å². The van der Waals surface area contributed by atoms with Crippen LogP contribution in [0, 0.1) is 0 Å². The molecule has 2 rings (SSSR count). The van der Waals surface area contributed by atoms with E-state index in [9.17, 15) is 5.11 Å². The molecule has 1 N–H and O–H groups in total. The summed E-state index contributed by atoms with van der Waals surface area (Å²) < 4.78 is 38.4. The summed E-state index contributed by atoms with van der Waals surface area (Å²) in [4.78, 5) is 4.03. The monoisotopic (exact) mass is 181 g/mol. The van der Waals surface area contributed by atoms with Gasteiger partial charge in [0.05, 0.1) is 11.0 Å². The topological polar surface area (TPSA) is 38.0 Å². The second kappa shape index (κ2) is 3.18. The van der Waals surface area contributed by atoms with Gasteiger partial charge in [0.15, 0.2) is 0 Å². The molecule has 1 aromatic heterocycles. The Morgan fingerprint density at radius 1 is 1.62 bits per heavy atom. The van der Waals surface area contributed by atoms with E-state index >= 15 is 0 Å². The smallest absolute Gasteiger partial charge is 0.135 e. The third kappa shape index (κ3) is 1.21. The summed E-state index contributed by atoms with van der Waals surface area (Å²) in [6.45, 7) is -5.99. The zero-order valence-corrected chi connectivity index (χ0v) is 6.86. The molecule has 0 atom stereocenters. The van der Waals surface area contributed by atoms with Gasteiger partial charge in [-0.05, 0) is 19.0 Å². The zero-order chi connectivity index (χ0) is 13.6. The number of aromatic nitrogens is 2. The van der Waals surface area contributed by atoms with E-state index in [1.165, 1.54) is 0 Å². The van der Waals surface area contributed by atoms with Crippen molar-refractivity contribution in [3.63, 3.8) is 0 Å². The van der Waals surface area contributed by atoms with Crippen molar-refractivity contribution < 1.29 is 12.0 Å². The standard InChI is InChI=1S/C10H12N2O/c1-2-12-9-6-4-3-5-8(9)11-10(12)7-13/h3-6,13H,2,7H2,1H3/i1D3,2D2. The fourth-order valence-corrected chi connectivity index (χ4v) is 1.31. The largest absolute Gasteiger partial charge is 0.388 e. The summed E-state index contributed by atoms with van der Waals surface area (Å²) in [7, 11) is 0. The van der Waals surface area contributed by atoms with Crippen molar-refractivity contribution in [2.24, 2.45) is 0 Å². The lowest BCUT2D eigenvalue weighted by atomic mass is 10.3. The van der Waals surface area contributed by atoms with E-state index in [-0.39, 0.29) is 5.82 Å². The van der Waals surface area contributed by atoms with Crippen LogP contribution in [0.15, 0.2) is 24.3 Å². The number of aliphatic hydroxyl groups excluding tert-OH is 1. The van der Waals surface area contributed by atoms with Crippen LogP contribution >= 0.6 is 0 Å². The van der Waals surface area contributed by atoms with Crippen molar-refractivity contribution in [3.8, 4) is 0 Å². The fourth-order valence-electron chi connectivity index (χ4n) is 1.31. The maximum Gasteiger partial charge on any atom is 0.135 e. The van der Waals surface area contributed by atoms with Gasteiger partial charge in [-0.25, -0.2) is 4.98 Å². The molecule has 0 aliphatic heterocycles. The van der Waals surface area contributed by atoms with Crippen LogP contribution in [0.5, 0.6) is 0 Å². The van der Waals surface area contributed by atoms with Crippen LogP contribution in [0.2, 0.25) is 0 Å². The summed E-state index contributed by atoms with van der Waals surface area (Å²) in [5, 5.41) is 9.21. The van der Waals surface area contributed by atoms with E-state index in [4.69, 9.17) is 6.85 Å². The Morgan fingerprint density at radius 2 is 2.46 bits per heavy atom. The van der Waals surface area contributed by atoms with E-state index in [0.717, 1.165) is 4.57 Å². The molecule has 0 saturated carbocycles. The SMILES string of the molecule is [2H]C([2H])([2H])C([2H])([2H])n1c(CO)nc2ccccc21. The molecule has 13 heavy (non-hydrogen) atoms. The predicted octanol–water partition coefficient (Wildman–Crippen LogP) is 1.55. The lowest BCUT2D eigenvalue weighted by Crippen LogP contribution is -2.00. The molecule has 0 spiro atoms. The highest BCUT2D eigenvalue weighted by atomic mass is 16.3. The second-order valence-electron chi connectivity index (χ2n) is 2.62. The molecule has 1 aromatic carbocycles. The number of benzene rings is 1. The summed E-state index contributed by atoms with van der Waals surface area (Å²) in [5.74, 6) is -0.00248. The first kappa shape index (κ1) is 4.24. The van der Waals surface area contributed by atoms with Gasteiger partial charge in [-0.15, -0.1) is 0 Å². The first-order valence-electron chi connectivity index (χ1n) is 6.37. The van der Waals surface area contributed by atoms with Gasteiger partial charge in [-0.3, -0.25) is 0 Å². The number of rotatable bonds is 2. The Bertz CT molecular complexity index is 575. The highest BCUT2D eigenvalue weighted by Gasteiger charge is 2.06. The van der Waals surface area contributed by atoms with Crippen LogP contribution in [0.1, 0.15) is 19.5 Å². The molecular formula is C10H12N2O. The molecule has 0 aliphatic rings. The Labute approximate surface area is 83.7 Å². The molecule has 1 heterocycles. The summed E-state index contributed by atoms with van der Waals surface area (Å²) in [5.41, 5.74) is 0.803. The summed E-state index contributed by atoms with van der Waals surface area (Å²) in [6.07, 6.45) is 0. The maximum atomic E-state index is 9.21. The van der Waals surface area contributed by atoms with E-state index in [0.29, 0.717) is 11.0 Å². The maximum absolute atomic E-state index is 9.21. The second-order valence-corrected chi connectivity index (χ2v) is 2.62. The van der Waals surface area contributed by atoms with Crippen LogP contribution in [-0.4, -0.2) is 14.7 Å². The first-order valence-corrected chi connectivity index (χ1v) is 3.87. The molecule has 0 saturated heterocycles. The molecule has 3 heteroatoms. The number of imidazole rings is 1. The Kier molecular flexibility index (Phi) is 1.04. The molecule has 0 unspecified atom stereocenters. The van der Waals surface area contributed by atoms with Gasteiger partial charge in [-0.2, -0.15) is 0 Å². The molecule has 0 aliphatic carbocycles. The molecular weight excluding hydrogens is 164 g/mol. The molecule has 0 radical (unpaired) electrons. The molecule has 3 nitrogen and oxygen atoms in total. The van der Waals surface area contributed by atoms with Gasteiger partial charge in [0.25, 0.3) is 0 Å². The van der Waals surface area contributed by atoms with Crippen LogP contribution in [0.3, 0.4) is 0 Å². The van der Waals surface area contributed by atoms with Crippen molar-refractivity contribution >= 4 is 11.0 Å². The Hall–Kier alpha value is -1.35. The summed E-state index contributed by atoms with van der Waals surface area (Å²) in [6, 6.07) is 6.59. The summed E-state index contributed by atoms with van der Waals surface area (Å²) >= 11 is 0. The number of hydrogen-bond acceptors (Lipinski definition) is 2. The van der Waals surface area contributed by atoms with Crippen LogP contribution < -0.4 is 0 Å². The number of aliphatic hydroxyl groups is 1. The average Bonchev–Trinajstić information content (AvgIpc) is 2.66. The van der Waals surface area contributed by atoms with Crippen molar-refractivity contribution in [2.45, 2.75) is 20.0 Å². The minimum absolute atomic E-state index is 0.00248. The number of nitrogens with zero attached hydrogens (tertiary/aromatic N) is 2. The highest BCUT2D eigenvalue weighted by molar-refractivity contribution is 5.75. The van der Waals surface area contributed by atoms with E-state index in [2.05, 4.69) is 4.98 Å². The van der Waals surface area contributed by atoms with Crippen molar-refractivity contribution in [1.29, 1.82) is 0 Å². The molecule has 2 aromatic rings. The third-order valence-corrected chi connectivity index (χ3v) is 1.88. The Morgan fingerprint density at radius 3 is 3.23 bits per heavy atom. The van der Waals surface area contributed by atoms with Gasteiger partial charge < -0.3 is 9.67 Å². The molecule has 68 valence electrons.